The predicted molar refractivity (Wildman–Crippen MR) is 75.3 cm³/mol. The van der Waals surface area contributed by atoms with E-state index in [0.29, 0.717) is 0 Å². The van der Waals surface area contributed by atoms with Gasteiger partial charge in [0.25, 0.3) is 0 Å². The first-order chi connectivity index (χ1) is 7.80. The zero-order valence-electron chi connectivity index (χ0n) is 12.0. The molecule has 2 heteroatoms. The van der Waals surface area contributed by atoms with Gasteiger partial charge in [0.2, 0.25) is 0 Å². The second kappa shape index (κ2) is 36.1. The second-order valence-corrected chi connectivity index (χ2v) is 1.75. The molecule has 1 radical (unpaired) electrons. The second-order valence-electron chi connectivity index (χ2n) is 1.75. The Morgan fingerprint density at radius 3 is 1.53 bits per heavy atom. The van der Waals surface area contributed by atoms with Gasteiger partial charge in [0.05, 0.1) is 0 Å². The number of hydrogen-bond acceptors (Lipinski definition) is 1. The molecule has 0 bridgehead atoms. The average molecular weight is 278 g/mol. The first-order valence-electron chi connectivity index (χ1n) is 5.42. The molecule has 0 aliphatic heterocycles. The summed E-state index contributed by atoms with van der Waals surface area (Å²) in [5.74, 6) is 0.110. The molecule has 0 N–H and O–H groups in total. The zero-order valence-corrected chi connectivity index (χ0v) is 13.2. The number of carbonyl (C=O) groups excluding carboxylic acids is 1. The number of rotatable bonds is 1. The fourth-order valence-corrected chi connectivity index (χ4v) is 0.646. The van der Waals surface area contributed by atoms with Crippen molar-refractivity contribution in [1.82, 2.24) is 0 Å². The number of ketones is 1. The maximum Gasteiger partial charge on any atom is 0.0464 e. The molecule has 0 aromatic heterocycles. The summed E-state index contributed by atoms with van der Waals surface area (Å²) >= 11 is 0. The Kier molecular flexibility index (Phi) is 63.8. The van der Waals surface area contributed by atoms with Gasteiger partial charge in [-0.1, -0.05) is 6.42 Å². The monoisotopic (exact) mass is 278 g/mol. The van der Waals surface area contributed by atoms with Crippen LogP contribution in [0.1, 0.15) is 41.0 Å². The van der Waals surface area contributed by atoms with Crippen LogP contribution in [0.4, 0.5) is 0 Å². The van der Waals surface area contributed by atoms with Crippen LogP contribution in [0.25, 0.3) is 0 Å². The molecule has 0 heterocycles. The van der Waals surface area contributed by atoms with Crippen LogP contribution in [-0.2, 0) is 21.9 Å². The van der Waals surface area contributed by atoms with E-state index in [-0.39, 0.29) is 22.9 Å². The van der Waals surface area contributed by atoms with E-state index >= 15 is 0 Å². The first kappa shape index (κ1) is 30.1. The normalized spacial score (nSPS) is 9.12. The van der Waals surface area contributed by atoms with Crippen LogP contribution in [0.2, 0.25) is 0 Å². The van der Waals surface area contributed by atoms with Gasteiger partial charge in [-0.25, -0.2) is 0 Å². The molecular formula is C15H27MnO-5. The van der Waals surface area contributed by atoms with Gasteiger partial charge in [0, 0.05) is 22.9 Å². The molecule has 0 aromatic carbocycles. The van der Waals surface area contributed by atoms with Crippen molar-refractivity contribution in [3.63, 3.8) is 0 Å². The van der Waals surface area contributed by atoms with Crippen LogP contribution in [-0.4, -0.2) is 5.78 Å². The summed E-state index contributed by atoms with van der Waals surface area (Å²) in [6, 6.07) is 0. The Balaban J connectivity index is -0.0000000462. The molecule has 105 valence electrons. The molecule has 0 unspecified atom stereocenters. The van der Waals surface area contributed by atoms with E-state index in [1.165, 1.54) is 0 Å². The van der Waals surface area contributed by atoms with Gasteiger partial charge >= 0.3 is 0 Å². The van der Waals surface area contributed by atoms with E-state index in [1.54, 1.807) is 34.6 Å². The summed E-state index contributed by atoms with van der Waals surface area (Å²) < 4.78 is 0. The fraction of sp³-hybridized carbons (Fsp3) is 0.400. The van der Waals surface area contributed by atoms with E-state index in [4.69, 9.17) is 0 Å². The van der Waals surface area contributed by atoms with Crippen LogP contribution < -0.4 is 0 Å². The molecule has 0 saturated heterocycles. The predicted octanol–water partition coefficient (Wildman–Crippen LogP) is 4.62. The van der Waals surface area contributed by atoms with Crippen LogP contribution in [0.3, 0.4) is 0 Å². The summed E-state index contributed by atoms with van der Waals surface area (Å²) in [5.41, 5.74) is 0.727. The van der Waals surface area contributed by atoms with Gasteiger partial charge in [-0.05, 0) is 6.92 Å². The Labute approximate surface area is 120 Å². The first-order valence-corrected chi connectivity index (χ1v) is 5.42. The van der Waals surface area contributed by atoms with Crippen molar-refractivity contribution in [2.45, 2.75) is 41.0 Å². The van der Waals surface area contributed by atoms with E-state index in [0.717, 1.165) is 12.0 Å². The number of allylic oxidation sites excluding steroid dienone is 4. The van der Waals surface area contributed by atoms with Crippen molar-refractivity contribution in [3.8, 4) is 0 Å². The standard InChI is InChI=1S/C7H7O.4C2H5.Mn/c1-6(8)7-4-2-3-5-7;4*1-2;/h2,4H,3H2,1H3;4*1H2,2H3;/q5*-1;. The van der Waals surface area contributed by atoms with Crippen LogP contribution >= 0.6 is 0 Å². The molecular weight excluding hydrogens is 251 g/mol. The molecule has 1 aliphatic carbocycles. The van der Waals surface area contributed by atoms with Crippen molar-refractivity contribution in [2.24, 2.45) is 0 Å². The average Bonchev–Trinajstić information content (AvgIpc) is 2.93. The third-order valence-corrected chi connectivity index (χ3v) is 1.07. The summed E-state index contributed by atoms with van der Waals surface area (Å²) in [4.78, 5) is 10.5. The Bertz CT molecular complexity index is 170. The van der Waals surface area contributed by atoms with Crippen LogP contribution in [0.5, 0.6) is 0 Å². The van der Waals surface area contributed by atoms with Gasteiger partial charge in [-0.15, -0.1) is 6.08 Å². The summed E-state index contributed by atoms with van der Waals surface area (Å²) in [6.45, 7) is 21.6. The quantitative estimate of drug-likeness (QED) is 0.505. The van der Waals surface area contributed by atoms with Gasteiger partial charge < -0.3 is 32.5 Å². The van der Waals surface area contributed by atoms with E-state index in [1.807, 2.05) is 12.2 Å². The minimum Gasteiger partial charge on any atom is -0.371 e. The smallest absolute Gasteiger partial charge is 0.0464 e. The van der Waals surface area contributed by atoms with Crippen molar-refractivity contribution >= 4 is 5.78 Å². The largest absolute Gasteiger partial charge is 0.371 e. The molecule has 1 nitrogen and oxygen atoms in total. The maximum atomic E-state index is 10.5. The van der Waals surface area contributed by atoms with Crippen molar-refractivity contribution in [2.75, 3.05) is 0 Å². The number of Topliss-reactive ketones (excluding diaryl/α,β-unsaturated/α-hetero) is 1. The van der Waals surface area contributed by atoms with Crippen LogP contribution in [0, 0.1) is 33.8 Å². The fourth-order valence-electron chi connectivity index (χ4n) is 0.646. The van der Waals surface area contributed by atoms with Crippen LogP contribution in [0.15, 0.2) is 17.7 Å². The van der Waals surface area contributed by atoms with Crippen molar-refractivity contribution in [1.29, 1.82) is 0 Å². The molecule has 17 heavy (non-hydrogen) atoms. The third-order valence-electron chi connectivity index (χ3n) is 1.07. The topological polar surface area (TPSA) is 17.1 Å². The zero-order chi connectivity index (χ0) is 14.0. The molecule has 0 saturated carbocycles. The molecule has 0 fully saturated rings. The van der Waals surface area contributed by atoms with E-state index in [9.17, 15) is 4.79 Å². The summed E-state index contributed by atoms with van der Waals surface area (Å²) in [6.07, 6.45) is 7.45. The number of carbonyl (C=O) groups is 1. The van der Waals surface area contributed by atoms with Crippen molar-refractivity contribution < 1.29 is 21.9 Å². The molecule has 0 atom stereocenters. The minimum absolute atomic E-state index is 0. The number of hydrogen-bond donors (Lipinski definition) is 0. The third kappa shape index (κ3) is 25.7. The SMILES string of the molecule is CC(=O)C1=[C-]CC=C1.[CH2-]C.[CH2-]C.[CH2-]C.[CH2-]C.[Mn]. The summed E-state index contributed by atoms with van der Waals surface area (Å²) in [7, 11) is 0. The Morgan fingerprint density at radius 1 is 1.06 bits per heavy atom. The van der Waals surface area contributed by atoms with Crippen molar-refractivity contribution in [3.05, 3.63) is 51.5 Å². The van der Waals surface area contributed by atoms with E-state index < -0.39 is 0 Å². The van der Waals surface area contributed by atoms with E-state index in [2.05, 4.69) is 33.8 Å². The van der Waals surface area contributed by atoms with Gasteiger partial charge in [-0.2, -0.15) is 45.4 Å². The molecule has 1 rings (SSSR count). The Morgan fingerprint density at radius 2 is 1.41 bits per heavy atom. The molecule has 0 spiro atoms. The maximum absolute atomic E-state index is 10.5. The van der Waals surface area contributed by atoms with Gasteiger partial charge in [0.1, 0.15) is 0 Å². The molecule has 0 amide bonds. The molecule has 1 aliphatic rings. The minimum atomic E-state index is 0. The summed E-state index contributed by atoms with van der Waals surface area (Å²) in [5, 5.41) is 0. The van der Waals surface area contributed by atoms with Gasteiger partial charge in [0.15, 0.2) is 0 Å². The molecule has 0 aromatic rings. The Hall–Kier alpha value is -0.331. The van der Waals surface area contributed by atoms with Gasteiger partial charge in [-0.3, -0.25) is 0 Å².